The fourth-order valence-corrected chi connectivity index (χ4v) is 3.95. The van der Waals surface area contributed by atoms with Crippen molar-refractivity contribution >= 4 is 64.4 Å². The number of ether oxygens (including phenoxy) is 1. The molecule has 0 atom stereocenters. The summed E-state index contributed by atoms with van der Waals surface area (Å²) in [6.45, 7) is -0.0369. The van der Waals surface area contributed by atoms with E-state index in [4.69, 9.17) is 39.5 Å². The fraction of sp³-hybridized carbons (Fsp3) is 0.0417. The lowest BCUT2D eigenvalue weighted by Gasteiger charge is -2.26. The van der Waals surface area contributed by atoms with Crippen LogP contribution in [0.3, 0.4) is 0 Å². The van der Waals surface area contributed by atoms with Gasteiger partial charge in [-0.1, -0.05) is 46.9 Å². The van der Waals surface area contributed by atoms with Gasteiger partial charge in [0.05, 0.1) is 10.7 Å². The summed E-state index contributed by atoms with van der Waals surface area (Å²) in [6, 6.07) is 13.7. The molecule has 4 amide bonds. The largest absolute Gasteiger partial charge is 0.487 e. The molecule has 0 aliphatic carbocycles. The van der Waals surface area contributed by atoms with Gasteiger partial charge < -0.3 is 4.74 Å². The van der Waals surface area contributed by atoms with E-state index in [2.05, 4.69) is 5.32 Å². The van der Waals surface area contributed by atoms with Gasteiger partial charge in [-0.15, -0.1) is 0 Å². The predicted molar refractivity (Wildman–Crippen MR) is 128 cm³/mol. The number of hydrogen-bond acceptors (Lipinski definition) is 4. The molecule has 1 aliphatic rings. The summed E-state index contributed by atoms with van der Waals surface area (Å²) in [7, 11) is 0. The molecule has 0 bridgehead atoms. The van der Waals surface area contributed by atoms with Gasteiger partial charge in [-0.3, -0.25) is 14.9 Å². The molecule has 1 heterocycles. The minimum Gasteiger partial charge on any atom is -0.487 e. The second-order valence-corrected chi connectivity index (χ2v) is 8.44. The number of nitrogens with zero attached hydrogens (tertiary/aromatic N) is 1. The van der Waals surface area contributed by atoms with E-state index >= 15 is 0 Å². The van der Waals surface area contributed by atoms with Crippen LogP contribution in [0, 0.1) is 5.82 Å². The van der Waals surface area contributed by atoms with E-state index < -0.39 is 23.7 Å². The molecule has 0 radical (unpaired) electrons. The van der Waals surface area contributed by atoms with Gasteiger partial charge in [0.2, 0.25) is 0 Å². The molecule has 34 heavy (non-hydrogen) atoms. The molecule has 0 spiro atoms. The van der Waals surface area contributed by atoms with Crippen LogP contribution in [-0.4, -0.2) is 17.8 Å². The van der Waals surface area contributed by atoms with Crippen molar-refractivity contribution in [2.45, 2.75) is 6.61 Å². The number of rotatable bonds is 5. The maximum absolute atomic E-state index is 13.5. The number of carbonyl (C=O) groups is 3. The number of barbiturate groups is 1. The molecular formula is C24H14Cl3FN2O4. The first-order valence-corrected chi connectivity index (χ1v) is 10.9. The van der Waals surface area contributed by atoms with E-state index in [1.165, 1.54) is 60.7 Å². The number of nitrogens with one attached hydrogen (secondary N) is 1. The van der Waals surface area contributed by atoms with Crippen LogP contribution in [0.1, 0.15) is 11.1 Å². The van der Waals surface area contributed by atoms with Crippen LogP contribution >= 0.6 is 34.8 Å². The monoisotopic (exact) mass is 518 g/mol. The molecule has 4 rings (SSSR count). The molecule has 0 unspecified atom stereocenters. The van der Waals surface area contributed by atoms with E-state index in [1.54, 1.807) is 6.07 Å². The van der Waals surface area contributed by atoms with Gasteiger partial charge >= 0.3 is 6.03 Å². The van der Waals surface area contributed by atoms with Crippen molar-refractivity contribution in [3.63, 3.8) is 0 Å². The Morgan fingerprint density at radius 2 is 1.68 bits per heavy atom. The Hall–Kier alpha value is -3.39. The smallest absolute Gasteiger partial charge is 0.335 e. The van der Waals surface area contributed by atoms with Gasteiger partial charge in [-0.2, -0.15) is 0 Å². The summed E-state index contributed by atoms with van der Waals surface area (Å²) in [4.78, 5) is 38.8. The summed E-state index contributed by atoms with van der Waals surface area (Å²) in [5.41, 5.74) is 0.633. The SMILES string of the molecule is O=C1NC(=O)N(c2ccc(Cl)cc2)C(=O)/C1=C/c1cc(Cl)cc(Cl)c1OCc1cccc(F)c1. The maximum Gasteiger partial charge on any atom is 0.335 e. The van der Waals surface area contributed by atoms with Gasteiger partial charge in [-0.05, 0) is 60.2 Å². The number of anilines is 1. The number of carbonyl (C=O) groups excluding carboxylic acids is 3. The Kier molecular flexibility index (Phi) is 6.88. The lowest BCUT2D eigenvalue weighted by atomic mass is 10.1. The van der Waals surface area contributed by atoms with Crippen molar-refractivity contribution in [2.75, 3.05) is 4.90 Å². The van der Waals surface area contributed by atoms with Gasteiger partial charge in [0, 0.05) is 15.6 Å². The molecule has 172 valence electrons. The van der Waals surface area contributed by atoms with E-state index in [-0.39, 0.29) is 39.2 Å². The summed E-state index contributed by atoms with van der Waals surface area (Å²) >= 11 is 18.3. The first-order chi connectivity index (χ1) is 16.2. The summed E-state index contributed by atoms with van der Waals surface area (Å²) in [5.74, 6) is -2.06. The highest BCUT2D eigenvalue weighted by Crippen LogP contribution is 2.35. The maximum atomic E-state index is 13.5. The molecule has 0 saturated carbocycles. The zero-order chi connectivity index (χ0) is 24.4. The van der Waals surface area contributed by atoms with Gasteiger partial charge in [-0.25, -0.2) is 14.1 Å². The highest BCUT2D eigenvalue weighted by atomic mass is 35.5. The van der Waals surface area contributed by atoms with Crippen molar-refractivity contribution in [1.29, 1.82) is 0 Å². The second-order valence-electron chi connectivity index (χ2n) is 7.16. The van der Waals surface area contributed by atoms with E-state index in [0.29, 0.717) is 10.6 Å². The summed E-state index contributed by atoms with van der Waals surface area (Å²) < 4.78 is 19.3. The molecule has 1 fully saturated rings. The molecule has 1 saturated heterocycles. The normalized spacial score (nSPS) is 15.0. The molecule has 6 nitrogen and oxygen atoms in total. The van der Waals surface area contributed by atoms with Crippen LogP contribution < -0.4 is 15.0 Å². The van der Waals surface area contributed by atoms with Crippen LogP contribution in [-0.2, 0) is 16.2 Å². The van der Waals surface area contributed by atoms with Crippen LogP contribution in [0.4, 0.5) is 14.9 Å². The highest BCUT2D eigenvalue weighted by Gasteiger charge is 2.37. The molecule has 3 aromatic carbocycles. The summed E-state index contributed by atoms with van der Waals surface area (Å²) in [5, 5.41) is 2.89. The standard InChI is InChI=1S/C24H14Cl3FN2O4/c25-15-4-6-18(7-5-15)30-23(32)19(22(31)29-24(30)33)10-14-9-16(26)11-20(27)21(14)34-12-13-2-1-3-17(28)8-13/h1-11H,12H2,(H,29,31,33)/b19-10+. The minimum absolute atomic E-state index is 0.0369. The number of halogens is 4. The Balaban J connectivity index is 1.71. The van der Waals surface area contributed by atoms with Gasteiger partial charge in [0.15, 0.2) is 0 Å². The quantitative estimate of drug-likeness (QED) is 0.330. The van der Waals surface area contributed by atoms with Crippen molar-refractivity contribution in [3.8, 4) is 5.75 Å². The Morgan fingerprint density at radius 3 is 2.38 bits per heavy atom. The Labute approximate surface area is 208 Å². The topological polar surface area (TPSA) is 75.7 Å². The van der Waals surface area contributed by atoms with E-state index in [1.807, 2.05) is 0 Å². The minimum atomic E-state index is -0.902. The number of hydrogen-bond donors (Lipinski definition) is 1. The molecular weight excluding hydrogens is 506 g/mol. The fourth-order valence-electron chi connectivity index (χ4n) is 3.26. The lowest BCUT2D eigenvalue weighted by Crippen LogP contribution is -2.54. The van der Waals surface area contributed by atoms with Gasteiger partial charge in [0.25, 0.3) is 11.8 Å². The second kappa shape index (κ2) is 9.85. The third-order valence-electron chi connectivity index (χ3n) is 4.80. The predicted octanol–water partition coefficient (Wildman–Crippen LogP) is 6.03. The lowest BCUT2D eigenvalue weighted by molar-refractivity contribution is -0.122. The van der Waals surface area contributed by atoms with Crippen LogP contribution in [0.2, 0.25) is 15.1 Å². The average molecular weight is 520 g/mol. The van der Waals surface area contributed by atoms with Crippen molar-refractivity contribution in [2.24, 2.45) is 0 Å². The zero-order valence-corrected chi connectivity index (χ0v) is 19.4. The number of imide groups is 2. The van der Waals surface area contributed by atoms with Crippen LogP contribution in [0.5, 0.6) is 5.75 Å². The third-order valence-corrected chi connectivity index (χ3v) is 5.55. The van der Waals surface area contributed by atoms with E-state index in [9.17, 15) is 18.8 Å². The zero-order valence-electron chi connectivity index (χ0n) is 17.2. The van der Waals surface area contributed by atoms with E-state index in [0.717, 1.165) is 4.90 Å². The third kappa shape index (κ3) is 5.07. The Bertz CT molecular complexity index is 1340. The van der Waals surface area contributed by atoms with Crippen molar-refractivity contribution in [1.82, 2.24) is 5.32 Å². The average Bonchev–Trinajstić information content (AvgIpc) is 2.77. The van der Waals surface area contributed by atoms with Crippen molar-refractivity contribution < 1.29 is 23.5 Å². The number of urea groups is 1. The van der Waals surface area contributed by atoms with Gasteiger partial charge in [0.1, 0.15) is 23.7 Å². The number of amides is 4. The summed E-state index contributed by atoms with van der Waals surface area (Å²) in [6.07, 6.45) is 1.23. The molecule has 10 heteroatoms. The molecule has 0 aromatic heterocycles. The first kappa shape index (κ1) is 23.8. The first-order valence-electron chi connectivity index (χ1n) is 9.76. The Morgan fingerprint density at radius 1 is 0.941 bits per heavy atom. The number of benzene rings is 3. The van der Waals surface area contributed by atoms with Crippen LogP contribution in [0.25, 0.3) is 6.08 Å². The molecule has 1 N–H and O–H groups in total. The van der Waals surface area contributed by atoms with Crippen molar-refractivity contribution in [3.05, 3.63) is 98.2 Å². The molecule has 1 aliphatic heterocycles. The molecule has 3 aromatic rings. The highest BCUT2D eigenvalue weighted by molar-refractivity contribution is 6.40. The van der Waals surface area contributed by atoms with Crippen LogP contribution in [0.15, 0.2) is 66.2 Å².